The predicted molar refractivity (Wildman–Crippen MR) is 72.2 cm³/mol. The summed E-state index contributed by atoms with van der Waals surface area (Å²) in [7, 11) is 1.33. The summed E-state index contributed by atoms with van der Waals surface area (Å²) in [5.41, 5.74) is -1.00. The topological polar surface area (TPSA) is 76.1 Å². The molecule has 114 valence electrons. The zero-order valence-corrected chi connectivity index (χ0v) is 12.3. The lowest BCUT2D eigenvalue weighted by Gasteiger charge is -2.37. The van der Waals surface area contributed by atoms with Gasteiger partial charge in [-0.25, -0.2) is 0 Å². The highest BCUT2D eigenvalue weighted by Gasteiger charge is 2.61. The van der Waals surface area contributed by atoms with E-state index in [0.29, 0.717) is 19.3 Å². The normalized spacial score (nSPS) is 35.2. The summed E-state index contributed by atoms with van der Waals surface area (Å²) in [5, 5.41) is 9.73. The molecule has 0 aromatic heterocycles. The van der Waals surface area contributed by atoms with Crippen LogP contribution in [0.1, 0.15) is 51.9 Å². The second-order valence-electron chi connectivity index (χ2n) is 6.00. The highest BCUT2D eigenvalue weighted by Crippen LogP contribution is 2.53. The largest absolute Gasteiger partial charge is 0.481 e. The monoisotopic (exact) mass is 284 g/mol. The van der Waals surface area contributed by atoms with Gasteiger partial charge in [0, 0.05) is 0 Å². The molecule has 4 atom stereocenters. The van der Waals surface area contributed by atoms with Crippen LogP contribution in [0.2, 0.25) is 0 Å². The third-order valence-corrected chi connectivity index (χ3v) is 4.78. The van der Waals surface area contributed by atoms with Crippen LogP contribution >= 0.6 is 0 Å². The lowest BCUT2D eigenvalue weighted by atomic mass is 9.63. The maximum atomic E-state index is 12.0. The summed E-state index contributed by atoms with van der Waals surface area (Å²) in [6.45, 7) is 2.12. The van der Waals surface area contributed by atoms with Crippen molar-refractivity contribution in [1.82, 2.24) is 0 Å². The van der Waals surface area contributed by atoms with E-state index in [9.17, 15) is 14.7 Å². The third kappa shape index (κ3) is 2.82. The Balaban J connectivity index is 2.12. The van der Waals surface area contributed by atoms with Gasteiger partial charge in [0.15, 0.2) is 0 Å². The van der Waals surface area contributed by atoms with E-state index in [0.717, 1.165) is 25.7 Å². The van der Waals surface area contributed by atoms with Crippen LogP contribution in [0.3, 0.4) is 0 Å². The molecule has 1 saturated heterocycles. The summed E-state index contributed by atoms with van der Waals surface area (Å²) in [6.07, 6.45) is 5.60. The number of hydrogen-bond donors (Lipinski definition) is 1. The second kappa shape index (κ2) is 6.12. The average Bonchev–Trinajstić information content (AvgIpc) is 3.19. The van der Waals surface area contributed by atoms with Gasteiger partial charge in [-0.3, -0.25) is 9.59 Å². The van der Waals surface area contributed by atoms with Crippen LogP contribution in [0, 0.1) is 11.3 Å². The minimum Gasteiger partial charge on any atom is -0.481 e. The first-order chi connectivity index (χ1) is 9.55. The van der Waals surface area contributed by atoms with Gasteiger partial charge in [-0.05, 0) is 19.3 Å². The number of carboxylic acids is 1. The van der Waals surface area contributed by atoms with Crippen molar-refractivity contribution >= 4 is 11.9 Å². The molecule has 0 aromatic rings. The minimum atomic E-state index is -1.00. The molecule has 2 rings (SSSR count). The molecular weight excluding hydrogens is 260 g/mol. The molecule has 20 heavy (non-hydrogen) atoms. The number of hydrogen-bond acceptors (Lipinski definition) is 4. The van der Waals surface area contributed by atoms with E-state index in [2.05, 4.69) is 6.92 Å². The first kappa shape index (κ1) is 15.3. The van der Waals surface area contributed by atoms with E-state index >= 15 is 0 Å². The Morgan fingerprint density at radius 2 is 2.05 bits per heavy atom. The molecule has 1 aliphatic carbocycles. The van der Waals surface area contributed by atoms with Crippen molar-refractivity contribution in [2.75, 3.05) is 7.11 Å². The number of ether oxygens (including phenoxy) is 2. The van der Waals surface area contributed by atoms with Gasteiger partial charge in [0.05, 0.1) is 30.7 Å². The number of carbonyl (C=O) groups is 2. The Kier molecular flexibility index (Phi) is 4.68. The number of unbranched alkanes of at least 4 members (excludes halogenated alkanes) is 3. The van der Waals surface area contributed by atoms with Crippen LogP contribution < -0.4 is 0 Å². The van der Waals surface area contributed by atoms with Gasteiger partial charge < -0.3 is 14.6 Å². The Morgan fingerprint density at radius 1 is 1.30 bits per heavy atom. The van der Waals surface area contributed by atoms with Crippen molar-refractivity contribution in [3.63, 3.8) is 0 Å². The average molecular weight is 284 g/mol. The first-order valence-electron chi connectivity index (χ1n) is 7.52. The van der Waals surface area contributed by atoms with Crippen LogP contribution in [0.15, 0.2) is 0 Å². The van der Waals surface area contributed by atoms with Gasteiger partial charge in [-0.15, -0.1) is 0 Å². The van der Waals surface area contributed by atoms with E-state index < -0.39 is 23.3 Å². The SMILES string of the molecule is CCCCCCC1(C(=O)O)CC2OC2CC1C(=O)OC. The molecule has 1 N–H and O–H groups in total. The molecule has 4 unspecified atom stereocenters. The molecule has 0 radical (unpaired) electrons. The van der Waals surface area contributed by atoms with Crippen LogP contribution in [-0.2, 0) is 19.1 Å². The van der Waals surface area contributed by atoms with E-state index in [4.69, 9.17) is 9.47 Å². The fourth-order valence-electron chi connectivity index (χ4n) is 3.48. The number of esters is 1. The quantitative estimate of drug-likeness (QED) is 0.441. The number of aliphatic carboxylic acids is 1. The Morgan fingerprint density at radius 3 is 2.65 bits per heavy atom. The van der Waals surface area contributed by atoms with Crippen LogP contribution in [-0.4, -0.2) is 36.4 Å². The van der Waals surface area contributed by atoms with Gasteiger partial charge in [0.25, 0.3) is 0 Å². The standard InChI is InChI=1S/C15H24O5/c1-3-4-5-6-7-15(14(17)18)9-12-11(20-12)8-10(15)13(16)19-2/h10-12H,3-9H2,1-2H3,(H,17,18). The fourth-order valence-corrected chi connectivity index (χ4v) is 3.48. The van der Waals surface area contributed by atoms with Gasteiger partial charge in [-0.2, -0.15) is 0 Å². The number of epoxide rings is 1. The summed E-state index contributed by atoms with van der Waals surface area (Å²) in [5.74, 6) is -1.86. The van der Waals surface area contributed by atoms with Crippen molar-refractivity contribution in [3.05, 3.63) is 0 Å². The number of rotatable bonds is 7. The molecule has 0 bridgehead atoms. The third-order valence-electron chi connectivity index (χ3n) is 4.78. The van der Waals surface area contributed by atoms with Crippen molar-refractivity contribution in [2.45, 2.75) is 64.1 Å². The van der Waals surface area contributed by atoms with Crippen molar-refractivity contribution in [2.24, 2.45) is 11.3 Å². The molecule has 1 saturated carbocycles. The maximum Gasteiger partial charge on any atom is 0.310 e. The molecule has 2 fully saturated rings. The summed E-state index contributed by atoms with van der Waals surface area (Å²) >= 11 is 0. The Hall–Kier alpha value is -1.10. The highest BCUT2D eigenvalue weighted by atomic mass is 16.6. The van der Waals surface area contributed by atoms with E-state index in [1.54, 1.807) is 0 Å². The lowest BCUT2D eigenvalue weighted by molar-refractivity contribution is -0.167. The number of carboxylic acid groups (broad SMARTS) is 1. The number of fused-ring (bicyclic) bond motifs is 1. The molecule has 2 aliphatic rings. The predicted octanol–water partition coefficient (Wildman–Crippen LogP) is 2.38. The van der Waals surface area contributed by atoms with Crippen molar-refractivity contribution < 1.29 is 24.2 Å². The lowest BCUT2D eigenvalue weighted by Crippen LogP contribution is -2.47. The highest BCUT2D eigenvalue weighted by molar-refractivity contribution is 5.85. The molecule has 1 heterocycles. The molecule has 1 aliphatic heterocycles. The number of methoxy groups -OCH3 is 1. The van der Waals surface area contributed by atoms with Crippen molar-refractivity contribution in [1.29, 1.82) is 0 Å². The van der Waals surface area contributed by atoms with E-state index in [1.807, 2.05) is 0 Å². The van der Waals surface area contributed by atoms with Crippen LogP contribution in [0.4, 0.5) is 0 Å². The maximum absolute atomic E-state index is 12.0. The zero-order chi connectivity index (χ0) is 14.8. The molecular formula is C15H24O5. The van der Waals surface area contributed by atoms with E-state index in [1.165, 1.54) is 7.11 Å². The Bertz CT molecular complexity index is 380. The fraction of sp³-hybridized carbons (Fsp3) is 0.867. The smallest absolute Gasteiger partial charge is 0.310 e. The number of carbonyl (C=O) groups excluding carboxylic acids is 1. The van der Waals surface area contributed by atoms with Crippen LogP contribution in [0.5, 0.6) is 0 Å². The van der Waals surface area contributed by atoms with Gasteiger partial charge in [-0.1, -0.05) is 32.6 Å². The molecule has 0 amide bonds. The first-order valence-corrected chi connectivity index (χ1v) is 7.52. The van der Waals surface area contributed by atoms with Gasteiger partial charge in [0.1, 0.15) is 0 Å². The summed E-state index contributed by atoms with van der Waals surface area (Å²) < 4.78 is 10.3. The minimum absolute atomic E-state index is 0.0261. The Labute approximate surface area is 119 Å². The summed E-state index contributed by atoms with van der Waals surface area (Å²) in [4.78, 5) is 23.9. The molecule has 0 spiro atoms. The molecule has 5 nitrogen and oxygen atoms in total. The molecule has 0 aromatic carbocycles. The van der Waals surface area contributed by atoms with Gasteiger partial charge in [0.2, 0.25) is 0 Å². The summed E-state index contributed by atoms with van der Waals surface area (Å²) in [6, 6.07) is 0. The molecule has 5 heteroatoms. The van der Waals surface area contributed by atoms with Crippen molar-refractivity contribution in [3.8, 4) is 0 Å². The second-order valence-corrected chi connectivity index (χ2v) is 6.00. The van der Waals surface area contributed by atoms with Gasteiger partial charge >= 0.3 is 11.9 Å². The van der Waals surface area contributed by atoms with Crippen LogP contribution in [0.25, 0.3) is 0 Å². The van der Waals surface area contributed by atoms with E-state index in [-0.39, 0.29) is 12.2 Å². The zero-order valence-electron chi connectivity index (χ0n) is 12.3.